The van der Waals surface area contributed by atoms with Gasteiger partial charge in [-0.3, -0.25) is 19.3 Å². The SMILES string of the molecule is CC(=O)Oc1ccc(N2C(=O)[C@H]3[C@@H]4C[C@H]([C@H]5C(c6ccc(Cl)cc6Cl)=NO[C@H]45)[C@@H]3C2=O)cc1. The number of nitrogens with zero attached hydrogens (tertiary/aromatic N) is 2. The van der Waals surface area contributed by atoms with Crippen LogP contribution >= 0.6 is 23.2 Å². The second-order valence-electron chi connectivity index (χ2n) is 8.91. The van der Waals surface area contributed by atoms with Gasteiger partial charge in [-0.2, -0.15) is 0 Å². The molecule has 33 heavy (non-hydrogen) atoms. The van der Waals surface area contributed by atoms with Crippen LogP contribution in [0.2, 0.25) is 10.0 Å². The van der Waals surface area contributed by atoms with E-state index in [1.54, 1.807) is 36.4 Å². The molecule has 6 atom stereocenters. The summed E-state index contributed by atoms with van der Waals surface area (Å²) < 4.78 is 5.05. The summed E-state index contributed by atoms with van der Waals surface area (Å²) in [7, 11) is 0. The number of carbonyl (C=O) groups is 3. The van der Waals surface area contributed by atoms with E-state index < -0.39 is 17.8 Å². The van der Waals surface area contributed by atoms with Crippen LogP contribution in [0.4, 0.5) is 5.69 Å². The van der Waals surface area contributed by atoms with Crippen molar-refractivity contribution in [1.29, 1.82) is 0 Å². The topological polar surface area (TPSA) is 85.3 Å². The molecule has 0 unspecified atom stereocenters. The molecule has 0 aromatic heterocycles. The van der Waals surface area contributed by atoms with Crippen molar-refractivity contribution in [2.75, 3.05) is 4.90 Å². The Balaban J connectivity index is 1.30. The maximum atomic E-state index is 13.5. The highest BCUT2D eigenvalue weighted by molar-refractivity contribution is 6.37. The second-order valence-corrected chi connectivity index (χ2v) is 9.75. The van der Waals surface area contributed by atoms with Crippen molar-refractivity contribution in [3.05, 3.63) is 58.1 Å². The van der Waals surface area contributed by atoms with Crippen LogP contribution in [0.25, 0.3) is 0 Å². The molecule has 2 aromatic carbocycles. The first kappa shape index (κ1) is 20.7. The molecule has 2 aromatic rings. The molecule has 2 heterocycles. The number of esters is 1. The maximum absolute atomic E-state index is 13.5. The van der Waals surface area contributed by atoms with Crippen LogP contribution in [-0.2, 0) is 19.2 Å². The van der Waals surface area contributed by atoms with Crippen LogP contribution in [0.15, 0.2) is 47.6 Å². The molecule has 7 nitrogen and oxygen atoms in total. The highest BCUT2D eigenvalue weighted by Crippen LogP contribution is 2.62. The van der Waals surface area contributed by atoms with Gasteiger partial charge in [0.15, 0.2) is 0 Å². The molecule has 1 saturated heterocycles. The molecule has 168 valence electrons. The average Bonchev–Trinajstić information content (AvgIpc) is 3.49. The number of imide groups is 1. The first-order chi connectivity index (χ1) is 15.8. The Morgan fingerprint density at radius 1 is 1.03 bits per heavy atom. The summed E-state index contributed by atoms with van der Waals surface area (Å²) in [6, 6.07) is 11.6. The van der Waals surface area contributed by atoms with Gasteiger partial charge in [-0.15, -0.1) is 0 Å². The van der Waals surface area contributed by atoms with E-state index in [-0.39, 0.29) is 35.7 Å². The Morgan fingerprint density at radius 3 is 2.39 bits per heavy atom. The van der Waals surface area contributed by atoms with Crippen molar-refractivity contribution in [3.63, 3.8) is 0 Å². The van der Waals surface area contributed by atoms with E-state index in [9.17, 15) is 14.4 Å². The fourth-order valence-corrected chi connectivity index (χ4v) is 6.63. The van der Waals surface area contributed by atoms with Gasteiger partial charge in [0, 0.05) is 29.3 Å². The third-order valence-corrected chi connectivity index (χ3v) is 7.80. The van der Waals surface area contributed by atoms with Gasteiger partial charge in [0.1, 0.15) is 11.9 Å². The van der Waals surface area contributed by atoms with E-state index >= 15 is 0 Å². The lowest BCUT2D eigenvalue weighted by Crippen LogP contribution is -2.41. The van der Waals surface area contributed by atoms with Crippen molar-refractivity contribution >= 4 is 52.4 Å². The average molecular weight is 485 g/mol. The highest BCUT2D eigenvalue weighted by atomic mass is 35.5. The number of halogens is 2. The maximum Gasteiger partial charge on any atom is 0.308 e. The fraction of sp³-hybridized carbons (Fsp3) is 0.333. The smallest absolute Gasteiger partial charge is 0.308 e. The number of fused-ring (bicyclic) bond motifs is 8. The van der Waals surface area contributed by atoms with Gasteiger partial charge in [0.25, 0.3) is 0 Å². The minimum Gasteiger partial charge on any atom is -0.427 e. The summed E-state index contributed by atoms with van der Waals surface area (Å²) in [4.78, 5) is 45.1. The highest BCUT2D eigenvalue weighted by Gasteiger charge is 2.70. The predicted molar refractivity (Wildman–Crippen MR) is 120 cm³/mol. The van der Waals surface area contributed by atoms with Gasteiger partial charge < -0.3 is 9.57 Å². The third kappa shape index (κ3) is 2.95. The number of ether oxygens (including phenoxy) is 1. The molecule has 2 aliphatic carbocycles. The number of hydrogen-bond acceptors (Lipinski definition) is 6. The fourth-order valence-electron chi connectivity index (χ4n) is 6.13. The zero-order valence-corrected chi connectivity index (χ0v) is 18.9. The van der Waals surface area contributed by atoms with Crippen LogP contribution in [0.5, 0.6) is 5.75 Å². The largest absolute Gasteiger partial charge is 0.427 e. The standard InChI is InChI=1S/C24H18Cl2N2O5/c1-10(29)32-13-5-3-12(4-6-13)28-23(30)18-15-9-16(19(18)24(28)31)22-20(15)21(27-33-22)14-7-2-11(25)8-17(14)26/h2-8,15-16,18-20,22H,9H2,1H3/t15-,16-,18-,19-,20-,22+/m0/s1. The van der Waals surface area contributed by atoms with E-state index in [1.165, 1.54) is 11.8 Å². The minimum atomic E-state index is -0.438. The van der Waals surface area contributed by atoms with Gasteiger partial charge in [0.2, 0.25) is 11.8 Å². The summed E-state index contributed by atoms with van der Waals surface area (Å²) in [5.74, 6) is -1.58. The van der Waals surface area contributed by atoms with E-state index in [0.717, 1.165) is 17.7 Å². The molecule has 2 aliphatic heterocycles. The predicted octanol–water partition coefficient (Wildman–Crippen LogP) is 4.09. The zero-order valence-electron chi connectivity index (χ0n) is 17.4. The Labute approximate surface area is 199 Å². The van der Waals surface area contributed by atoms with Crippen LogP contribution in [-0.4, -0.2) is 29.6 Å². The van der Waals surface area contributed by atoms with Crippen LogP contribution < -0.4 is 9.64 Å². The van der Waals surface area contributed by atoms with Crippen molar-refractivity contribution in [1.82, 2.24) is 0 Å². The first-order valence-corrected chi connectivity index (χ1v) is 11.5. The van der Waals surface area contributed by atoms with Gasteiger partial charge in [-0.25, -0.2) is 0 Å². The minimum absolute atomic E-state index is 0.0558. The van der Waals surface area contributed by atoms with E-state index in [4.69, 9.17) is 32.8 Å². The van der Waals surface area contributed by atoms with Crippen LogP contribution in [0.3, 0.4) is 0 Å². The summed E-state index contributed by atoms with van der Waals surface area (Å²) in [6.07, 6.45) is 0.493. The number of anilines is 1. The van der Waals surface area contributed by atoms with Crippen molar-refractivity contribution < 1.29 is 24.0 Å². The van der Waals surface area contributed by atoms with Gasteiger partial charge in [0.05, 0.1) is 28.3 Å². The lowest BCUT2D eigenvalue weighted by molar-refractivity contribution is -0.132. The summed E-state index contributed by atoms with van der Waals surface area (Å²) in [5.41, 5.74) is 1.93. The van der Waals surface area contributed by atoms with E-state index in [2.05, 4.69) is 5.16 Å². The zero-order chi connectivity index (χ0) is 23.0. The Hall–Kier alpha value is -2.90. The van der Waals surface area contributed by atoms with Crippen molar-refractivity contribution in [2.45, 2.75) is 19.4 Å². The number of rotatable bonds is 3. The van der Waals surface area contributed by atoms with E-state index in [0.29, 0.717) is 21.5 Å². The monoisotopic (exact) mass is 484 g/mol. The third-order valence-electron chi connectivity index (χ3n) is 7.25. The molecular weight excluding hydrogens is 467 g/mol. The summed E-state index contributed by atoms with van der Waals surface area (Å²) >= 11 is 12.5. The molecule has 0 radical (unpaired) electrons. The molecular formula is C24H18Cl2N2O5. The summed E-state index contributed by atoms with van der Waals surface area (Å²) in [6.45, 7) is 1.31. The number of carbonyl (C=O) groups excluding carboxylic acids is 3. The van der Waals surface area contributed by atoms with Gasteiger partial charge in [-0.1, -0.05) is 34.4 Å². The Bertz CT molecular complexity index is 1240. The Kier molecular flexibility index (Phi) is 4.58. The van der Waals surface area contributed by atoms with Gasteiger partial charge >= 0.3 is 5.97 Å². The quantitative estimate of drug-likeness (QED) is 0.372. The molecule has 0 N–H and O–H groups in total. The molecule has 0 spiro atoms. The second kappa shape index (κ2) is 7.30. The van der Waals surface area contributed by atoms with Crippen LogP contribution in [0.1, 0.15) is 18.9 Å². The lowest BCUT2D eigenvalue weighted by atomic mass is 9.71. The molecule has 2 bridgehead atoms. The molecule has 2 saturated carbocycles. The molecule has 2 amide bonds. The normalized spacial score (nSPS) is 31.4. The Morgan fingerprint density at radius 2 is 1.73 bits per heavy atom. The number of benzene rings is 2. The van der Waals surface area contributed by atoms with Gasteiger partial charge in [-0.05, 0) is 48.7 Å². The van der Waals surface area contributed by atoms with Crippen molar-refractivity contribution in [2.24, 2.45) is 34.7 Å². The number of hydrogen-bond donors (Lipinski definition) is 0. The molecule has 6 rings (SSSR count). The first-order valence-electron chi connectivity index (χ1n) is 10.7. The van der Waals surface area contributed by atoms with E-state index in [1.807, 2.05) is 6.07 Å². The molecule has 4 aliphatic rings. The lowest BCUT2D eigenvalue weighted by Gasteiger charge is -2.30. The molecule has 9 heteroatoms. The number of amides is 2. The van der Waals surface area contributed by atoms with Crippen LogP contribution in [0, 0.1) is 29.6 Å². The summed E-state index contributed by atoms with van der Waals surface area (Å²) in [5, 5.41) is 5.33. The molecule has 3 fully saturated rings. The van der Waals surface area contributed by atoms with Crippen molar-refractivity contribution in [3.8, 4) is 5.75 Å². The number of oxime groups is 1.